The van der Waals surface area contributed by atoms with E-state index in [2.05, 4.69) is 23.3 Å². The minimum atomic E-state index is 0.108. The Labute approximate surface area is 153 Å². The van der Waals surface area contributed by atoms with Crippen LogP contribution in [0.15, 0.2) is 60.8 Å². The van der Waals surface area contributed by atoms with Gasteiger partial charge in [-0.1, -0.05) is 49.2 Å². The van der Waals surface area contributed by atoms with E-state index >= 15 is 0 Å². The first-order valence-electron chi connectivity index (χ1n) is 9.32. The molecule has 1 aromatic carbocycles. The van der Waals surface area contributed by atoms with Crippen LogP contribution in [0.5, 0.6) is 0 Å². The fraction of sp³-hybridized carbons (Fsp3) is 0.273. The van der Waals surface area contributed by atoms with Gasteiger partial charge in [0, 0.05) is 36.5 Å². The van der Waals surface area contributed by atoms with Crippen LogP contribution in [0.2, 0.25) is 0 Å². The van der Waals surface area contributed by atoms with Gasteiger partial charge in [0.25, 0.3) is 0 Å². The second-order valence-corrected chi connectivity index (χ2v) is 6.76. The van der Waals surface area contributed by atoms with Crippen LogP contribution in [0.3, 0.4) is 0 Å². The highest BCUT2D eigenvalue weighted by atomic mass is 16.2. The van der Waals surface area contributed by atoms with Crippen molar-refractivity contribution < 1.29 is 4.79 Å². The summed E-state index contributed by atoms with van der Waals surface area (Å²) in [5, 5.41) is 4.66. The van der Waals surface area contributed by atoms with Gasteiger partial charge in [-0.25, -0.2) is 4.52 Å². The molecular formula is C22H23N3O. The number of fused-ring (bicyclic) bond motifs is 1. The van der Waals surface area contributed by atoms with E-state index in [1.165, 1.54) is 12.8 Å². The number of aromatic nitrogens is 2. The van der Waals surface area contributed by atoms with Crippen molar-refractivity contribution in [3.8, 4) is 11.3 Å². The van der Waals surface area contributed by atoms with Crippen molar-refractivity contribution in [1.82, 2.24) is 14.5 Å². The summed E-state index contributed by atoms with van der Waals surface area (Å²) in [4.78, 5) is 14.5. The van der Waals surface area contributed by atoms with Crippen LogP contribution < -0.4 is 0 Å². The third kappa shape index (κ3) is 3.54. The number of pyridine rings is 1. The Bertz CT molecular complexity index is 919. The molecule has 0 N–H and O–H groups in total. The second kappa shape index (κ2) is 7.56. The molecule has 26 heavy (non-hydrogen) atoms. The molecule has 1 amide bonds. The van der Waals surface area contributed by atoms with Crippen molar-refractivity contribution in [2.75, 3.05) is 13.1 Å². The second-order valence-electron chi connectivity index (χ2n) is 6.76. The van der Waals surface area contributed by atoms with E-state index in [1.807, 2.05) is 52.0 Å². The van der Waals surface area contributed by atoms with Gasteiger partial charge in [-0.3, -0.25) is 4.79 Å². The van der Waals surface area contributed by atoms with Crippen LogP contribution in [0.4, 0.5) is 0 Å². The number of carbonyl (C=O) groups is 1. The molecule has 4 heteroatoms. The first kappa shape index (κ1) is 16.6. The van der Waals surface area contributed by atoms with E-state index in [-0.39, 0.29) is 5.91 Å². The highest BCUT2D eigenvalue weighted by Crippen LogP contribution is 2.22. The van der Waals surface area contributed by atoms with E-state index in [0.717, 1.165) is 48.3 Å². The highest BCUT2D eigenvalue weighted by molar-refractivity contribution is 5.93. The van der Waals surface area contributed by atoms with Crippen molar-refractivity contribution in [3.63, 3.8) is 0 Å². The number of carbonyl (C=O) groups excluding carboxylic acids is 1. The predicted molar refractivity (Wildman–Crippen MR) is 105 cm³/mol. The first-order chi connectivity index (χ1) is 12.8. The Balaban J connectivity index is 1.60. The summed E-state index contributed by atoms with van der Waals surface area (Å²) in [7, 11) is 0. The number of amides is 1. The Kier molecular flexibility index (Phi) is 4.82. The first-order valence-corrected chi connectivity index (χ1v) is 9.32. The van der Waals surface area contributed by atoms with Gasteiger partial charge in [0.05, 0.1) is 11.2 Å². The molecule has 1 aliphatic heterocycles. The summed E-state index contributed by atoms with van der Waals surface area (Å²) in [5.74, 6) is 0.108. The Hall–Kier alpha value is -2.88. The Morgan fingerprint density at radius 1 is 0.962 bits per heavy atom. The van der Waals surface area contributed by atoms with Crippen molar-refractivity contribution in [2.45, 2.75) is 25.7 Å². The summed E-state index contributed by atoms with van der Waals surface area (Å²) in [6.07, 6.45) is 10.2. The van der Waals surface area contributed by atoms with Gasteiger partial charge in [-0.15, -0.1) is 0 Å². The van der Waals surface area contributed by atoms with Crippen LogP contribution in [0.1, 0.15) is 31.2 Å². The molecule has 4 rings (SSSR count). The number of rotatable bonds is 3. The molecule has 0 atom stereocenters. The summed E-state index contributed by atoms with van der Waals surface area (Å²) in [6.45, 7) is 1.75. The van der Waals surface area contributed by atoms with Crippen LogP contribution in [-0.4, -0.2) is 33.5 Å². The van der Waals surface area contributed by atoms with Gasteiger partial charge < -0.3 is 4.90 Å². The maximum absolute atomic E-state index is 12.5. The molecule has 0 aliphatic carbocycles. The lowest BCUT2D eigenvalue weighted by molar-refractivity contribution is -0.125. The molecule has 132 valence electrons. The quantitative estimate of drug-likeness (QED) is 0.659. The zero-order valence-corrected chi connectivity index (χ0v) is 14.8. The minimum Gasteiger partial charge on any atom is -0.339 e. The van der Waals surface area contributed by atoms with E-state index in [4.69, 9.17) is 0 Å². The molecule has 4 nitrogen and oxygen atoms in total. The predicted octanol–water partition coefficient (Wildman–Crippen LogP) is 4.42. The van der Waals surface area contributed by atoms with Crippen molar-refractivity contribution in [3.05, 3.63) is 66.4 Å². The van der Waals surface area contributed by atoms with Gasteiger partial charge in [-0.05, 0) is 31.1 Å². The van der Waals surface area contributed by atoms with Crippen LogP contribution in [-0.2, 0) is 4.79 Å². The standard InChI is InChI=1S/C22H23N3O/c26-22(24-14-6-1-2-7-15-24)13-12-19-11-8-16-25-21(19)17-20(23-25)18-9-4-3-5-10-18/h3-5,8-13,16-17H,1-2,6-7,14-15H2. The van der Waals surface area contributed by atoms with E-state index in [1.54, 1.807) is 6.08 Å². The fourth-order valence-electron chi connectivity index (χ4n) is 3.49. The Morgan fingerprint density at radius 3 is 2.50 bits per heavy atom. The lowest BCUT2D eigenvalue weighted by Crippen LogP contribution is -2.30. The summed E-state index contributed by atoms with van der Waals surface area (Å²) >= 11 is 0. The van der Waals surface area contributed by atoms with E-state index in [0.29, 0.717) is 0 Å². The molecule has 0 bridgehead atoms. The van der Waals surface area contributed by atoms with Crippen molar-refractivity contribution in [2.24, 2.45) is 0 Å². The molecule has 0 saturated carbocycles. The summed E-state index contributed by atoms with van der Waals surface area (Å²) in [5.41, 5.74) is 4.04. The van der Waals surface area contributed by atoms with Crippen molar-refractivity contribution in [1.29, 1.82) is 0 Å². The van der Waals surface area contributed by atoms with Gasteiger partial charge in [-0.2, -0.15) is 5.10 Å². The monoisotopic (exact) mass is 345 g/mol. The van der Waals surface area contributed by atoms with Gasteiger partial charge in [0.1, 0.15) is 0 Å². The zero-order valence-electron chi connectivity index (χ0n) is 14.8. The SMILES string of the molecule is O=C(C=Cc1cccn2nc(-c3ccccc3)cc12)N1CCCCCC1. The molecule has 3 aromatic rings. The number of likely N-dealkylation sites (tertiary alicyclic amines) is 1. The van der Waals surface area contributed by atoms with Crippen LogP contribution >= 0.6 is 0 Å². The number of hydrogen-bond acceptors (Lipinski definition) is 2. The molecule has 0 radical (unpaired) electrons. The van der Waals surface area contributed by atoms with Gasteiger partial charge in [0.15, 0.2) is 0 Å². The molecule has 1 fully saturated rings. The van der Waals surface area contributed by atoms with Crippen molar-refractivity contribution >= 4 is 17.5 Å². The Morgan fingerprint density at radius 2 is 1.73 bits per heavy atom. The molecule has 1 aliphatic rings. The van der Waals surface area contributed by atoms with Crippen LogP contribution in [0.25, 0.3) is 22.9 Å². The van der Waals surface area contributed by atoms with Crippen LogP contribution in [0, 0.1) is 0 Å². The average molecular weight is 345 g/mol. The normalized spacial score (nSPS) is 15.5. The third-order valence-corrected chi connectivity index (χ3v) is 4.93. The van der Waals surface area contributed by atoms with Gasteiger partial charge in [0.2, 0.25) is 5.91 Å². The van der Waals surface area contributed by atoms with E-state index < -0.39 is 0 Å². The molecular weight excluding hydrogens is 322 g/mol. The number of nitrogens with zero attached hydrogens (tertiary/aromatic N) is 3. The summed E-state index contributed by atoms with van der Waals surface area (Å²) < 4.78 is 1.87. The zero-order chi connectivity index (χ0) is 17.8. The summed E-state index contributed by atoms with van der Waals surface area (Å²) in [6, 6.07) is 16.2. The smallest absolute Gasteiger partial charge is 0.246 e. The maximum Gasteiger partial charge on any atom is 0.246 e. The molecule has 2 aromatic heterocycles. The van der Waals surface area contributed by atoms with E-state index in [9.17, 15) is 4.79 Å². The fourth-order valence-corrected chi connectivity index (χ4v) is 3.49. The number of benzene rings is 1. The molecule has 0 unspecified atom stereocenters. The highest BCUT2D eigenvalue weighted by Gasteiger charge is 2.13. The minimum absolute atomic E-state index is 0.108. The lowest BCUT2D eigenvalue weighted by atomic mass is 10.1. The molecule has 0 spiro atoms. The maximum atomic E-state index is 12.5. The largest absolute Gasteiger partial charge is 0.339 e. The molecule has 1 saturated heterocycles. The number of hydrogen-bond donors (Lipinski definition) is 0. The topological polar surface area (TPSA) is 37.6 Å². The lowest BCUT2D eigenvalue weighted by Gasteiger charge is -2.17. The third-order valence-electron chi connectivity index (χ3n) is 4.93. The average Bonchev–Trinajstić information content (AvgIpc) is 2.94. The van der Waals surface area contributed by atoms with Gasteiger partial charge >= 0.3 is 0 Å². The molecule has 3 heterocycles.